The molecule has 307 valence electrons. The normalized spacial score (nSPS) is 11.3. The van der Waals surface area contributed by atoms with Crippen LogP contribution in [0.2, 0.25) is 19.6 Å². The molecular formula is C57H43IrN3OSi-2. The Morgan fingerprint density at radius 2 is 1.19 bits per heavy atom. The Morgan fingerprint density at radius 1 is 0.540 bits per heavy atom. The number of rotatable bonds is 7. The van der Waals surface area contributed by atoms with E-state index < -0.39 is 8.07 Å². The van der Waals surface area contributed by atoms with Crippen LogP contribution in [0.3, 0.4) is 0 Å². The van der Waals surface area contributed by atoms with E-state index in [1.54, 1.807) is 0 Å². The van der Waals surface area contributed by atoms with Gasteiger partial charge in [0, 0.05) is 42.8 Å². The maximum atomic E-state index is 6.66. The third-order valence-corrected chi connectivity index (χ3v) is 13.4. The Labute approximate surface area is 382 Å². The Hall–Kier alpha value is -6.95. The first kappa shape index (κ1) is 41.4. The summed E-state index contributed by atoms with van der Waals surface area (Å²) in [6.45, 7) is 7.00. The summed E-state index contributed by atoms with van der Waals surface area (Å²) in [5, 5.41) is 3.51. The zero-order valence-corrected chi connectivity index (χ0v) is 38.6. The van der Waals surface area contributed by atoms with E-state index in [1.165, 1.54) is 10.8 Å². The first-order valence-electron chi connectivity index (χ1n) is 21.0. The van der Waals surface area contributed by atoms with Crippen LogP contribution >= 0.6 is 0 Å². The smallest absolute Gasteiger partial charge is 0.120 e. The van der Waals surface area contributed by atoms with E-state index in [0.29, 0.717) is 0 Å². The molecule has 6 heteroatoms. The third kappa shape index (κ3) is 8.25. The molecule has 0 atom stereocenters. The van der Waals surface area contributed by atoms with Crippen molar-refractivity contribution in [2.45, 2.75) is 19.6 Å². The molecule has 8 aromatic carbocycles. The van der Waals surface area contributed by atoms with Gasteiger partial charge in [0.2, 0.25) is 0 Å². The van der Waals surface area contributed by atoms with Gasteiger partial charge in [0.15, 0.2) is 0 Å². The van der Waals surface area contributed by atoms with E-state index in [0.717, 1.165) is 89.1 Å². The summed E-state index contributed by atoms with van der Waals surface area (Å²) in [6.07, 6.45) is 2.02. The van der Waals surface area contributed by atoms with Gasteiger partial charge in [-0.2, -0.15) is 0 Å². The van der Waals surface area contributed by atoms with Crippen LogP contribution < -0.4 is 5.19 Å². The standard InChI is InChI=1S/C43H27N2O.C14H16NSi.Ir/c1-4-14-29(15-5-1)32-26-27-40-37(28-32)35-22-13-23-36(42(35)46-40)43-44-38-24-10-11-25-39(38)45(43)41-33(30-16-6-2-7-17-30)20-12-21-34(41)31-18-8-3-9-19-31;1-16(2,3)13-9-10-14(15-11-13)12-7-5-4-6-8-12;/h1-22,24-28H;4-7,9-11H,1-3H3;/q2*-1;. The van der Waals surface area contributed by atoms with Crippen LogP contribution in [0.15, 0.2) is 211 Å². The van der Waals surface area contributed by atoms with Crippen molar-refractivity contribution in [2.75, 3.05) is 0 Å². The summed E-state index contributed by atoms with van der Waals surface area (Å²) in [5.74, 6) is 0.787. The molecule has 0 N–H and O–H groups in total. The second-order valence-electron chi connectivity index (χ2n) is 16.4. The fraction of sp³-hybridized carbons (Fsp3) is 0.0526. The number of para-hydroxylation sites is 3. The summed E-state index contributed by atoms with van der Waals surface area (Å²) in [6, 6.07) is 76.0. The Bertz CT molecular complexity index is 3250. The number of imidazole rings is 1. The molecule has 0 aliphatic heterocycles. The molecule has 11 rings (SSSR count). The average molecular weight is 1010 g/mol. The number of hydrogen-bond acceptors (Lipinski definition) is 3. The van der Waals surface area contributed by atoms with Crippen molar-refractivity contribution in [3.63, 3.8) is 0 Å². The topological polar surface area (TPSA) is 43.9 Å². The Morgan fingerprint density at radius 3 is 1.83 bits per heavy atom. The van der Waals surface area contributed by atoms with Gasteiger partial charge in [-0.25, -0.2) is 0 Å². The minimum atomic E-state index is -1.23. The molecule has 0 unspecified atom stereocenters. The Balaban J connectivity index is 0.000000251. The van der Waals surface area contributed by atoms with Crippen LogP contribution in [0.4, 0.5) is 0 Å². The van der Waals surface area contributed by atoms with Gasteiger partial charge in [0.05, 0.1) is 36.2 Å². The first-order valence-corrected chi connectivity index (χ1v) is 24.5. The van der Waals surface area contributed by atoms with Crippen molar-refractivity contribution in [1.82, 2.24) is 14.5 Å². The van der Waals surface area contributed by atoms with Gasteiger partial charge in [-0.1, -0.05) is 170 Å². The van der Waals surface area contributed by atoms with Gasteiger partial charge >= 0.3 is 0 Å². The van der Waals surface area contributed by atoms with Crippen molar-refractivity contribution in [3.8, 4) is 61.7 Å². The monoisotopic (exact) mass is 1010 g/mol. The van der Waals surface area contributed by atoms with Crippen LogP contribution in [-0.2, 0) is 20.1 Å². The van der Waals surface area contributed by atoms with Crippen LogP contribution in [0.25, 0.3) is 94.7 Å². The molecule has 0 fully saturated rings. The molecule has 0 aliphatic carbocycles. The van der Waals surface area contributed by atoms with E-state index in [4.69, 9.17) is 9.40 Å². The van der Waals surface area contributed by atoms with Crippen LogP contribution in [-0.4, -0.2) is 22.6 Å². The van der Waals surface area contributed by atoms with Gasteiger partial charge < -0.3 is 14.0 Å². The second kappa shape index (κ2) is 17.8. The SMILES string of the molecule is C[Si](C)(C)c1ccc(-c2[c-]cccc2)nc1.[Ir].[c-]1ccc2c(oc3ccc(-c4ccccc4)cc32)c1-c1nc2ccccc2n1-c1c(-c2ccccc2)cccc1-c1ccccc1. The maximum Gasteiger partial charge on any atom is 0.120 e. The molecule has 3 heterocycles. The maximum absolute atomic E-state index is 6.66. The molecule has 0 saturated carbocycles. The molecule has 0 bridgehead atoms. The third-order valence-electron chi connectivity index (χ3n) is 11.4. The van der Waals surface area contributed by atoms with Crippen molar-refractivity contribution in [3.05, 3.63) is 219 Å². The molecule has 3 aromatic heterocycles. The summed E-state index contributed by atoms with van der Waals surface area (Å²) >= 11 is 0. The summed E-state index contributed by atoms with van der Waals surface area (Å²) in [7, 11) is -1.23. The van der Waals surface area contributed by atoms with Crippen LogP contribution in [0, 0.1) is 12.1 Å². The van der Waals surface area contributed by atoms with E-state index in [-0.39, 0.29) is 20.1 Å². The van der Waals surface area contributed by atoms with E-state index in [1.807, 2.05) is 48.7 Å². The zero-order valence-electron chi connectivity index (χ0n) is 35.2. The predicted octanol–water partition coefficient (Wildman–Crippen LogP) is 14.5. The summed E-state index contributed by atoms with van der Waals surface area (Å²) < 4.78 is 8.96. The molecule has 0 amide bonds. The number of furan rings is 1. The van der Waals surface area contributed by atoms with Gasteiger partial charge in [-0.05, 0) is 57.4 Å². The molecule has 63 heavy (non-hydrogen) atoms. The predicted molar refractivity (Wildman–Crippen MR) is 260 cm³/mol. The molecule has 0 saturated heterocycles. The van der Waals surface area contributed by atoms with Crippen LogP contribution in [0.1, 0.15) is 0 Å². The van der Waals surface area contributed by atoms with Crippen LogP contribution in [0.5, 0.6) is 0 Å². The summed E-state index contributed by atoms with van der Waals surface area (Å²) in [5.41, 5.74) is 14.3. The molecule has 11 aromatic rings. The van der Waals surface area contributed by atoms with Crippen molar-refractivity contribution >= 4 is 46.2 Å². The van der Waals surface area contributed by atoms with E-state index >= 15 is 0 Å². The first-order chi connectivity index (χ1) is 30.4. The van der Waals surface area contributed by atoms with Gasteiger partial charge in [-0.15, -0.1) is 54.1 Å². The molecule has 4 nitrogen and oxygen atoms in total. The quantitative estimate of drug-likeness (QED) is 0.118. The largest absolute Gasteiger partial charge is 0.501 e. The molecule has 0 aliphatic rings. The van der Waals surface area contributed by atoms with Crippen molar-refractivity contribution < 1.29 is 24.5 Å². The molecule has 1 radical (unpaired) electrons. The number of hydrogen-bond donors (Lipinski definition) is 0. The minimum Gasteiger partial charge on any atom is -0.501 e. The van der Waals surface area contributed by atoms with Gasteiger partial charge in [0.1, 0.15) is 5.58 Å². The average Bonchev–Trinajstić information content (AvgIpc) is 3.91. The fourth-order valence-electron chi connectivity index (χ4n) is 8.17. The van der Waals surface area contributed by atoms with Gasteiger partial charge in [0.25, 0.3) is 0 Å². The second-order valence-corrected chi connectivity index (χ2v) is 21.5. The zero-order chi connectivity index (χ0) is 42.0. The van der Waals surface area contributed by atoms with Crippen molar-refractivity contribution in [1.29, 1.82) is 0 Å². The molecular weight excluding hydrogens is 963 g/mol. The fourth-order valence-corrected chi connectivity index (χ4v) is 9.21. The van der Waals surface area contributed by atoms with E-state index in [9.17, 15) is 0 Å². The minimum absolute atomic E-state index is 0. The van der Waals surface area contributed by atoms with Crippen molar-refractivity contribution in [2.24, 2.45) is 0 Å². The number of nitrogens with zero attached hydrogens (tertiary/aromatic N) is 3. The number of pyridine rings is 1. The number of aromatic nitrogens is 3. The Kier molecular flexibility index (Phi) is 11.7. The molecule has 0 spiro atoms. The van der Waals surface area contributed by atoms with Gasteiger partial charge in [-0.3, -0.25) is 4.98 Å². The number of fused-ring (bicyclic) bond motifs is 4. The summed E-state index contributed by atoms with van der Waals surface area (Å²) in [4.78, 5) is 9.80. The number of benzene rings is 8. The van der Waals surface area contributed by atoms with E-state index in [2.05, 4.69) is 199 Å².